The number of aldehydes is 1. The summed E-state index contributed by atoms with van der Waals surface area (Å²) in [6.07, 6.45) is 6.01. The highest BCUT2D eigenvalue weighted by Crippen LogP contribution is 1.98. The molecule has 0 aliphatic rings. The lowest BCUT2D eigenvalue weighted by Crippen LogP contribution is -2.15. The molecule has 0 fully saturated rings. The summed E-state index contributed by atoms with van der Waals surface area (Å²) < 4.78 is 0. The van der Waals surface area contributed by atoms with Crippen molar-refractivity contribution in [1.29, 1.82) is 0 Å². The molecule has 2 N–H and O–H groups in total. The number of carbonyl (C=O) groups excluding carboxylic acids is 2. The highest BCUT2D eigenvalue weighted by molar-refractivity contribution is 5.49. The van der Waals surface area contributed by atoms with Gasteiger partial charge in [-0.15, -0.1) is 0 Å². The second-order valence-electron chi connectivity index (χ2n) is 3.37. The third-order valence-corrected chi connectivity index (χ3v) is 2.02. The molecule has 0 aliphatic heterocycles. The zero-order valence-electron chi connectivity index (χ0n) is 9.13. The Morgan fingerprint density at radius 1 is 1.13 bits per heavy atom. The minimum absolute atomic E-state index is 0.537. The molecular weight excluding hydrogens is 192 g/mol. The summed E-state index contributed by atoms with van der Waals surface area (Å²) in [6, 6.07) is 0. The number of rotatable bonds is 11. The number of carbonyl (C=O) groups is 2. The Bertz CT molecular complexity index is 193. The predicted octanol–water partition coefficient (Wildman–Crippen LogP) is 0.985. The average Bonchev–Trinajstić information content (AvgIpc) is 2.25. The van der Waals surface area contributed by atoms with E-state index in [1.807, 2.05) is 0 Å². The van der Waals surface area contributed by atoms with E-state index in [0.29, 0.717) is 6.42 Å². The molecule has 0 heterocycles. The Balaban J connectivity index is 3.12. The van der Waals surface area contributed by atoms with Crippen molar-refractivity contribution in [3.63, 3.8) is 0 Å². The van der Waals surface area contributed by atoms with Crippen molar-refractivity contribution < 1.29 is 9.59 Å². The van der Waals surface area contributed by atoms with Gasteiger partial charge in [0, 0.05) is 25.2 Å². The van der Waals surface area contributed by atoms with Crippen LogP contribution in [0.5, 0.6) is 0 Å². The van der Waals surface area contributed by atoms with E-state index in [1.165, 1.54) is 0 Å². The Hall–Kier alpha value is -1.32. The third-order valence-electron chi connectivity index (χ3n) is 2.02. The van der Waals surface area contributed by atoms with Crippen molar-refractivity contribution in [1.82, 2.24) is 10.6 Å². The van der Waals surface area contributed by atoms with Gasteiger partial charge in [-0.2, -0.15) is 0 Å². The molecule has 0 aliphatic carbocycles. The van der Waals surface area contributed by atoms with E-state index >= 15 is 0 Å². The molecule has 0 saturated carbocycles. The van der Waals surface area contributed by atoms with Gasteiger partial charge in [-0.1, -0.05) is 6.58 Å². The number of allylic oxidation sites excluding steroid dienone is 1. The Labute approximate surface area is 91.1 Å². The fraction of sp³-hybridized carbons (Fsp3) is 0.636. The molecule has 0 saturated heterocycles. The fourth-order valence-electron chi connectivity index (χ4n) is 1.17. The molecule has 0 rings (SSSR count). The van der Waals surface area contributed by atoms with Crippen LogP contribution in [0.4, 0.5) is 0 Å². The first-order valence-electron chi connectivity index (χ1n) is 5.33. The van der Waals surface area contributed by atoms with Crippen molar-refractivity contribution >= 4 is 12.7 Å². The number of nitrogens with one attached hydrogen (secondary N) is 2. The van der Waals surface area contributed by atoms with Crippen LogP contribution in [0.15, 0.2) is 12.3 Å². The monoisotopic (exact) mass is 212 g/mol. The smallest absolute Gasteiger partial charge is 0.207 e. The first-order valence-corrected chi connectivity index (χ1v) is 5.33. The summed E-state index contributed by atoms with van der Waals surface area (Å²) in [6.45, 7) is 5.44. The number of hydrogen-bond acceptors (Lipinski definition) is 3. The van der Waals surface area contributed by atoms with Gasteiger partial charge in [0.2, 0.25) is 6.41 Å². The van der Waals surface area contributed by atoms with Crippen LogP contribution in [-0.2, 0) is 9.59 Å². The van der Waals surface area contributed by atoms with Gasteiger partial charge in [0.25, 0.3) is 0 Å². The molecule has 4 heteroatoms. The summed E-state index contributed by atoms with van der Waals surface area (Å²) >= 11 is 0. The fourth-order valence-corrected chi connectivity index (χ4v) is 1.17. The summed E-state index contributed by atoms with van der Waals surface area (Å²) in [5, 5.41) is 5.78. The van der Waals surface area contributed by atoms with Crippen molar-refractivity contribution in [2.75, 3.05) is 13.1 Å². The second kappa shape index (κ2) is 10.8. The average molecular weight is 212 g/mol. The van der Waals surface area contributed by atoms with Crippen LogP contribution in [0.25, 0.3) is 0 Å². The first kappa shape index (κ1) is 13.7. The SMILES string of the molecule is C=C(CCC=O)NCCCCCNC=O. The predicted molar refractivity (Wildman–Crippen MR) is 60.4 cm³/mol. The van der Waals surface area contributed by atoms with E-state index in [9.17, 15) is 9.59 Å². The molecule has 0 aromatic carbocycles. The van der Waals surface area contributed by atoms with Crippen LogP contribution in [0, 0.1) is 0 Å². The van der Waals surface area contributed by atoms with Gasteiger partial charge in [0.15, 0.2) is 0 Å². The lowest BCUT2D eigenvalue weighted by Gasteiger charge is -2.07. The number of amides is 1. The van der Waals surface area contributed by atoms with Crippen molar-refractivity contribution in [2.45, 2.75) is 32.1 Å². The van der Waals surface area contributed by atoms with Crippen LogP contribution in [0.2, 0.25) is 0 Å². The van der Waals surface area contributed by atoms with E-state index < -0.39 is 0 Å². The van der Waals surface area contributed by atoms with Crippen molar-refractivity contribution in [3.8, 4) is 0 Å². The van der Waals surface area contributed by atoms with E-state index in [4.69, 9.17) is 0 Å². The van der Waals surface area contributed by atoms with Crippen LogP contribution >= 0.6 is 0 Å². The van der Waals surface area contributed by atoms with Gasteiger partial charge in [0.1, 0.15) is 6.29 Å². The summed E-state index contributed by atoms with van der Waals surface area (Å²) in [5.74, 6) is 0. The lowest BCUT2D eigenvalue weighted by molar-refractivity contribution is -0.109. The molecular formula is C11H20N2O2. The van der Waals surface area contributed by atoms with Crippen molar-refractivity contribution in [2.24, 2.45) is 0 Å². The van der Waals surface area contributed by atoms with E-state index in [1.54, 1.807) is 0 Å². The summed E-state index contributed by atoms with van der Waals surface area (Å²) in [5.41, 5.74) is 0.924. The molecule has 0 aromatic heterocycles. The molecule has 0 aromatic rings. The second-order valence-corrected chi connectivity index (χ2v) is 3.37. The van der Waals surface area contributed by atoms with Crippen LogP contribution < -0.4 is 10.6 Å². The molecule has 15 heavy (non-hydrogen) atoms. The summed E-state index contributed by atoms with van der Waals surface area (Å²) in [4.78, 5) is 20.0. The minimum atomic E-state index is 0.537. The van der Waals surface area contributed by atoms with Crippen molar-refractivity contribution in [3.05, 3.63) is 12.3 Å². The third kappa shape index (κ3) is 10.6. The Morgan fingerprint density at radius 2 is 1.87 bits per heavy atom. The summed E-state index contributed by atoms with van der Waals surface area (Å²) in [7, 11) is 0. The maximum Gasteiger partial charge on any atom is 0.207 e. The molecule has 0 spiro atoms. The zero-order valence-corrected chi connectivity index (χ0v) is 9.13. The van der Waals surface area contributed by atoms with Gasteiger partial charge >= 0.3 is 0 Å². The van der Waals surface area contributed by atoms with Gasteiger partial charge in [-0.3, -0.25) is 4.79 Å². The molecule has 0 bridgehead atoms. The van der Waals surface area contributed by atoms with E-state index in [0.717, 1.165) is 57.2 Å². The number of unbranched alkanes of at least 4 members (excludes halogenated alkanes) is 2. The first-order chi connectivity index (χ1) is 7.31. The van der Waals surface area contributed by atoms with Crippen LogP contribution in [-0.4, -0.2) is 25.8 Å². The molecule has 0 unspecified atom stereocenters. The molecule has 0 atom stereocenters. The highest BCUT2D eigenvalue weighted by Gasteiger charge is 1.93. The van der Waals surface area contributed by atoms with Gasteiger partial charge < -0.3 is 15.4 Å². The maximum atomic E-state index is 10.1. The quantitative estimate of drug-likeness (QED) is 0.396. The molecule has 1 amide bonds. The van der Waals surface area contributed by atoms with Crippen LogP contribution in [0.3, 0.4) is 0 Å². The van der Waals surface area contributed by atoms with Gasteiger partial charge in [-0.25, -0.2) is 0 Å². The molecule has 4 nitrogen and oxygen atoms in total. The topological polar surface area (TPSA) is 58.2 Å². The van der Waals surface area contributed by atoms with E-state index in [2.05, 4.69) is 17.2 Å². The largest absolute Gasteiger partial charge is 0.389 e. The standard InChI is InChI=1S/C11H20N2O2/c1-11(6-5-9-14)13-8-4-2-3-7-12-10-15/h9-10,13H,1-8H2,(H,12,15). The maximum absolute atomic E-state index is 10.1. The van der Waals surface area contributed by atoms with Crippen LogP contribution in [0.1, 0.15) is 32.1 Å². The normalized spacial score (nSPS) is 9.33. The Morgan fingerprint density at radius 3 is 2.53 bits per heavy atom. The highest BCUT2D eigenvalue weighted by atomic mass is 16.1. The lowest BCUT2D eigenvalue weighted by atomic mass is 10.2. The number of hydrogen-bond donors (Lipinski definition) is 2. The van der Waals surface area contributed by atoms with Gasteiger partial charge in [-0.05, 0) is 25.7 Å². The Kier molecular flexibility index (Phi) is 9.81. The molecule has 0 radical (unpaired) electrons. The van der Waals surface area contributed by atoms with E-state index in [-0.39, 0.29) is 0 Å². The van der Waals surface area contributed by atoms with Gasteiger partial charge in [0.05, 0.1) is 0 Å². The molecule has 86 valence electrons. The zero-order chi connectivity index (χ0) is 11.4. The minimum Gasteiger partial charge on any atom is -0.389 e.